The van der Waals surface area contributed by atoms with Gasteiger partial charge in [-0.05, 0) is 36.7 Å². The Hall–Kier alpha value is -0.860. The predicted octanol–water partition coefficient (Wildman–Crippen LogP) is 3.99. The highest BCUT2D eigenvalue weighted by Gasteiger charge is 2.35. The minimum Gasteiger partial charge on any atom is -0.306 e. The van der Waals surface area contributed by atoms with Gasteiger partial charge in [-0.15, -0.1) is 0 Å². The molecule has 2 heteroatoms. The van der Waals surface area contributed by atoms with E-state index in [9.17, 15) is 0 Å². The number of benzene rings is 1. The molecule has 2 unspecified atom stereocenters. The third-order valence-corrected chi connectivity index (χ3v) is 4.74. The normalized spacial score (nSPS) is 25.2. The first kappa shape index (κ1) is 15.1. The summed E-state index contributed by atoms with van der Waals surface area (Å²) in [5, 5.41) is 3.96. The van der Waals surface area contributed by atoms with Crippen LogP contribution in [0.2, 0.25) is 0 Å². The van der Waals surface area contributed by atoms with Gasteiger partial charge in [0, 0.05) is 31.2 Å². The second-order valence-electron chi connectivity index (χ2n) is 8.11. The summed E-state index contributed by atoms with van der Waals surface area (Å²) in [6, 6.07) is 13.1. The van der Waals surface area contributed by atoms with Crippen LogP contribution in [0.1, 0.15) is 58.1 Å². The first-order chi connectivity index (χ1) is 10.0. The van der Waals surface area contributed by atoms with Crippen molar-refractivity contribution in [1.29, 1.82) is 0 Å². The molecule has 1 aliphatic heterocycles. The van der Waals surface area contributed by atoms with Gasteiger partial charge in [0.1, 0.15) is 0 Å². The van der Waals surface area contributed by atoms with Crippen molar-refractivity contribution in [3.63, 3.8) is 0 Å². The van der Waals surface area contributed by atoms with E-state index in [0.29, 0.717) is 17.5 Å². The molecule has 2 fully saturated rings. The highest BCUT2D eigenvalue weighted by atomic mass is 15.2. The van der Waals surface area contributed by atoms with Crippen molar-refractivity contribution in [3.05, 3.63) is 35.9 Å². The molecule has 0 bridgehead atoms. The molecule has 0 spiro atoms. The van der Waals surface area contributed by atoms with E-state index in [0.717, 1.165) is 6.04 Å². The van der Waals surface area contributed by atoms with Crippen molar-refractivity contribution in [1.82, 2.24) is 10.2 Å². The molecule has 1 N–H and O–H groups in total. The Labute approximate surface area is 129 Å². The fourth-order valence-corrected chi connectivity index (χ4v) is 3.55. The van der Waals surface area contributed by atoms with Crippen LogP contribution in [-0.4, -0.2) is 30.1 Å². The zero-order valence-corrected chi connectivity index (χ0v) is 13.8. The SMILES string of the molecule is CC(C)(C)CC(NC1CCN(C2CC2)C1)c1ccccc1. The number of rotatable bonds is 5. The molecule has 21 heavy (non-hydrogen) atoms. The summed E-state index contributed by atoms with van der Waals surface area (Å²) in [5.74, 6) is 0. The van der Waals surface area contributed by atoms with Crippen molar-refractivity contribution >= 4 is 0 Å². The van der Waals surface area contributed by atoms with Gasteiger partial charge in [-0.25, -0.2) is 0 Å². The van der Waals surface area contributed by atoms with Gasteiger partial charge in [-0.2, -0.15) is 0 Å². The van der Waals surface area contributed by atoms with Crippen LogP contribution in [0, 0.1) is 5.41 Å². The van der Waals surface area contributed by atoms with E-state index < -0.39 is 0 Å². The third kappa shape index (κ3) is 4.31. The average Bonchev–Trinajstić information content (AvgIpc) is 3.18. The average molecular weight is 286 g/mol. The number of hydrogen-bond acceptors (Lipinski definition) is 2. The van der Waals surface area contributed by atoms with Gasteiger partial charge >= 0.3 is 0 Å². The quantitative estimate of drug-likeness (QED) is 0.880. The van der Waals surface area contributed by atoms with Crippen LogP contribution in [0.15, 0.2) is 30.3 Å². The van der Waals surface area contributed by atoms with Crippen molar-refractivity contribution < 1.29 is 0 Å². The minimum absolute atomic E-state index is 0.349. The van der Waals surface area contributed by atoms with Gasteiger partial charge in [0.2, 0.25) is 0 Å². The van der Waals surface area contributed by atoms with Gasteiger partial charge in [0.25, 0.3) is 0 Å². The highest BCUT2D eigenvalue weighted by Crippen LogP contribution is 2.33. The lowest BCUT2D eigenvalue weighted by molar-refractivity contribution is 0.279. The lowest BCUT2D eigenvalue weighted by atomic mass is 9.85. The fourth-order valence-electron chi connectivity index (χ4n) is 3.55. The monoisotopic (exact) mass is 286 g/mol. The molecule has 1 aromatic carbocycles. The minimum atomic E-state index is 0.349. The molecule has 2 aliphatic rings. The molecule has 1 aromatic rings. The number of likely N-dealkylation sites (tertiary alicyclic amines) is 1. The Morgan fingerprint density at radius 2 is 1.86 bits per heavy atom. The standard InChI is InChI=1S/C19H30N2/c1-19(2,3)13-18(15-7-5-4-6-8-15)20-16-11-12-21(14-16)17-9-10-17/h4-8,16-18,20H,9-14H2,1-3H3. The van der Waals surface area contributed by atoms with Crippen LogP contribution >= 0.6 is 0 Å². The Morgan fingerprint density at radius 3 is 2.48 bits per heavy atom. The zero-order valence-electron chi connectivity index (χ0n) is 13.8. The van der Waals surface area contributed by atoms with Crippen molar-refractivity contribution in [2.75, 3.05) is 13.1 Å². The second kappa shape index (κ2) is 6.10. The molecule has 2 atom stereocenters. The van der Waals surface area contributed by atoms with E-state index in [1.54, 1.807) is 0 Å². The summed E-state index contributed by atoms with van der Waals surface area (Å²) in [6.07, 6.45) is 5.36. The van der Waals surface area contributed by atoms with Crippen LogP contribution in [0.25, 0.3) is 0 Å². The summed E-state index contributed by atoms with van der Waals surface area (Å²) in [5.41, 5.74) is 1.79. The summed E-state index contributed by atoms with van der Waals surface area (Å²) < 4.78 is 0. The number of nitrogens with zero attached hydrogens (tertiary/aromatic N) is 1. The molecule has 0 aromatic heterocycles. The molecule has 116 valence electrons. The van der Waals surface area contributed by atoms with Gasteiger partial charge in [0.05, 0.1) is 0 Å². The van der Waals surface area contributed by atoms with E-state index in [1.165, 1.54) is 44.3 Å². The van der Waals surface area contributed by atoms with Crippen molar-refractivity contribution in [2.45, 2.75) is 64.6 Å². The first-order valence-corrected chi connectivity index (χ1v) is 8.56. The van der Waals surface area contributed by atoms with E-state index in [-0.39, 0.29) is 0 Å². The van der Waals surface area contributed by atoms with Crippen LogP contribution < -0.4 is 5.32 Å². The van der Waals surface area contributed by atoms with E-state index in [4.69, 9.17) is 0 Å². The van der Waals surface area contributed by atoms with Crippen LogP contribution in [-0.2, 0) is 0 Å². The Balaban J connectivity index is 1.64. The van der Waals surface area contributed by atoms with E-state index in [1.807, 2.05) is 0 Å². The number of nitrogens with one attached hydrogen (secondary N) is 1. The Bertz CT molecular complexity index is 444. The molecule has 3 rings (SSSR count). The molecule has 0 radical (unpaired) electrons. The molecule has 1 heterocycles. The van der Waals surface area contributed by atoms with E-state index in [2.05, 4.69) is 61.3 Å². The number of hydrogen-bond donors (Lipinski definition) is 1. The lowest BCUT2D eigenvalue weighted by Gasteiger charge is -2.30. The second-order valence-corrected chi connectivity index (χ2v) is 8.11. The summed E-state index contributed by atoms with van der Waals surface area (Å²) in [6.45, 7) is 9.57. The summed E-state index contributed by atoms with van der Waals surface area (Å²) in [4.78, 5) is 2.69. The zero-order chi connectivity index (χ0) is 14.9. The fraction of sp³-hybridized carbons (Fsp3) is 0.684. The van der Waals surface area contributed by atoms with Gasteiger partial charge in [-0.3, -0.25) is 4.90 Å². The molecule has 1 aliphatic carbocycles. The third-order valence-electron chi connectivity index (χ3n) is 4.74. The predicted molar refractivity (Wildman–Crippen MR) is 89.4 cm³/mol. The maximum Gasteiger partial charge on any atom is 0.0328 e. The Morgan fingerprint density at radius 1 is 1.14 bits per heavy atom. The smallest absolute Gasteiger partial charge is 0.0328 e. The molecular weight excluding hydrogens is 256 g/mol. The lowest BCUT2D eigenvalue weighted by Crippen LogP contribution is -2.37. The first-order valence-electron chi connectivity index (χ1n) is 8.56. The van der Waals surface area contributed by atoms with Gasteiger partial charge < -0.3 is 5.32 Å². The maximum atomic E-state index is 3.96. The summed E-state index contributed by atoms with van der Waals surface area (Å²) in [7, 11) is 0. The highest BCUT2D eigenvalue weighted by molar-refractivity contribution is 5.19. The molecule has 0 amide bonds. The summed E-state index contributed by atoms with van der Waals surface area (Å²) >= 11 is 0. The topological polar surface area (TPSA) is 15.3 Å². The largest absolute Gasteiger partial charge is 0.306 e. The maximum absolute atomic E-state index is 3.96. The van der Waals surface area contributed by atoms with Gasteiger partial charge in [-0.1, -0.05) is 51.1 Å². The van der Waals surface area contributed by atoms with Gasteiger partial charge in [0.15, 0.2) is 0 Å². The van der Waals surface area contributed by atoms with Crippen LogP contribution in [0.5, 0.6) is 0 Å². The van der Waals surface area contributed by atoms with E-state index >= 15 is 0 Å². The molecule has 1 saturated carbocycles. The molecular formula is C19H30N2. The van der Waals surface area contributed by atoms with Crippen molar-refractivity contribution in [3.8, 4) is 0 Å². The Kier molecular flexibility index (Phi) is 4.37. The molecule has 2 nitrogen and oxygen atoms in total. The van der Waals surface area contributed by atoms with Crippen molar-refractivity contribution in [2.24, 2.45) is 5.41 Å². The molecule has 1 saturated heterocycles. The van der Waals surface area contributed by atoms with Crippen LogP contribution in [0.3, 0.4) is 0 Å². The van der Waals surface area contributed by atoms with Crippen LogP contribution in [0.4, 0.5) is 0 Å².